The highest BCUT2D eigenvalue weighted by molar-refractivity contribution is 5.57. The minimum absolute atomic E-state index is 0.451. The molecule has 80 valence electrons. The van der Waals surface area contributed by atoms with E-state index in [1.165, 1.54) is 0 Å². The minimum atomic E-state index is 0.451. The maximum atomic E-state index is 5.17. The van der Waals surface area contributed by atoms with Gasteiger partial charge in [0.25, 0.3) is 0 Å². The molecule has 0 spiro atoms. The van der Waals surface area contributed by atoms with Crippen molar-refractivity contribution >= 4 is 6.01 Å². The summed E-state index contributed by atoms with van der Waals surface area (Å²) in [6, 6.07) is 2.27. The first kappa shape index (κ1) is 9.76. The summed E-state index contributed by atoms with van der Waals surface area (Å²) >= 11 is 0. The van der Waals surface area contributed by atoms with E-state index in [1.54, 1.807) is 6.26 Å². The van der Waals surface area contributed by atoms with Crippen LogP contribution in [0.5, 0.6) is 0 Å². The Kier molecular flexibility index (Phi) is 2.71. The summed E-state index contributed by atoms with van der Waals surface area (Å²) in [6.45, 7) is 4.77. The van der Waals surface area contributed by atoms with Gasteiger partial charge in [0, 0.05) is 6.54 Å². The maximum Gasteiger partial charge on any atom is 0.321 e. The van der Waals surface area contributed by atoms with Crippen LogP contribution in [0.4, 0.5) is 6.01 Å². The molecule has 0 aliphatic rings. The fraction of sp³-hybridized carbons (Fsp3) is 0.400. The average molecular weight is 207 g/mol. The summed E-state index contributed by atoms with van der Waals surface area (Å²) in [7, 11) is 0. The molecule has 0 saturated carbocycles. The van der Waals surface area contributed by atoms with Gasteiger partial charge in [0.15, 0.2) is 0 Å². The minimum Gasteiger partial charge on any atom is -0.469 e. The zero-order valence-electron chi connectivity index (χ0n) is 8.78. The van der Waals surface area contributed by atoms with Gasteiger partial charge in [-0.3, -0.25) is 0 Å². The van der Waals surface area contributed by atoms with Crippen molar-refractivity contribution in [1.82, 2.24) is 10.1 Å². The van der Waals surface area contributed by atoms with Crippen molar-refractivity contribution in [2.24, 2.45) is 0 Å². The van der Waals surface area contributed by atoms with Crippen LogP contribution in [0.1, 0.15) is 19.1 Å². The first-order valence-electron chi connectivity index (χ1n) is 4.93. The Bertz CT molecular complexity index is 433. The van der Waals surface area contributed by atoms with Gasteiger partial charge in [-0.15, -0.1) is 0 Å². The average Bonchev–Trinajstić information content (AvgIpc) is 2.83. The standard InChI is InChI=1S/C10H13N3O2/c1-3-5-11-10-12-9(13-15-10)8-4-6-14-7(8)2/h4,6H,3,5H2,1-2H3,(H,11,12,13). The second-order valence-electron chi connectivity index (χ2n) is 3.24. The van der Waals surface area contributed by atoms with Crippen LogP contribution in [0.25, 0.3) is 11.4 Å². The van der Waals surface area contributed by atoms with Gasteiger partial charge in [0.05, 0.1) is 11.8 Å². The summed E-state index contributed by atoms with van der Waals surface area (Å²) in [4.78, 5) is 4.20. The van der Waals surface area contributed by atoms with E-state index in [9.17, 15) is 0 Å². The number of aryl methyl sites for hydroxylation is 1. The third-order valence-electron chi connectivity index (χ3n) is 2.05. The van der Waals surface area contributed by atoms with Crippen LogP contribution in [0.3, 0.4) is 0 Å². The number of aromatic nitrogens is 2. The van der Waals surface area contributed by atoms with Crippen molar-refractivity contribution in [2.45, 2.75) is 20.3 Å². The van der Waals surface area contributed by atoms with E-state index < -0.39 is 0 Å². The molecule has 15 heavy (non-hydrogen) atoms. The predicted molar refractivity (Wildman–Crippen MR) is 55.5 cm³/mol. The number of hydrogen-bond acceptors (Lipinski definition) is 5. The van der Waals surface area contributed by atoms with Gasteiger partial charge in [0.1, 0.15) is 5.76 Å². The smallest absolute Gasteiger partial charge is 0.321 e. The van der Waals surface area contributed by atoms with Gasteiger partial charge in [-0.25, -0.2) is 0 Å². The SMILES string of the molecule is CCCNc1nc(-c2ccoc2C)no1. The van der Waals surface area contributed by atoms with Crippen molar-refractivity contribution in [1.29, 1.82) is 0 Å². The highest BCUT2D eigenvalue weighted by Crippen LogP contribution is 2.22. The molecule has 0 radical (unpaired) electrons. The van der Waals surface area contributed by atoms with Crippen LogP contribution in [0.2, 0.25) is 0 Å². The van der Waals surface area contributed by atoms with Crippen molar-refractivity contribution in [2.75, 3.05) is 11.9 Å². The highest BCUT2D eigenvalue weighted by atomic mass is 16.5. The maximum absolute atomic E-state index is 5.17. The second kappa shape index (κ2) is 4.16. The zero-order chi connectivity index (χ0) is 10.7. The van der Waals surface area contributed by atoms with Crippen molar-refractivity contribution in [3.8, 4) is 11.4 Å². The fourth-order valence-corrected chi connectivity index (χ4v) is 1.25. The summed E-state index contributed by atoms with van der Waals surface area (Å²) < 4.78 is 10.2. The molecule has 1 N–H and O–H groups in total. The molecular weight excluding hydrogens is 194 g/mol. The summed E-state index contributed by atoms with van der Waals surface area (Å²) in [5, 5.41) is 6.89. The zero-order valence-corrected chi connectivity index (χ0v) is 8.78. The number of rotatable bonds is 4. The number of hydrogen-bond donors (Lipinski definition) is 1. The van der Waals surface area contributed by atoms with Gasteiger partial charge in [-0.05, 0) is 19.4 Å². The Labute approximate surface area is 87.5 Å². The topological polar surface area (TPSA) is 64.1 Å². The van der Waals surface area contributed by atoms with Gasteiger partial charge >= 0.3 is 6.01 Å². The number of nitrogens with zero attached hydrogens (tertiary/aromatic N) is 2. The number of anilines is 1. The fourth-order valence-electron chi connectivity index (χ4n) is 1.25. The monoisotopic (exact) mass is 207 g/mol. The van der Waals surface area contributed by atoms with Crippen LogP contribution in [-0.4, -0.2) is 16.7 Å². The van der Waals surface area contributed by atoms with Gasteiger partial charge < -0.3 is 14.3 Å². The molecule has 0 aromatic carbocycles. The van der Waals surface area contributed by atoms with Crippen LogP contribution >= 0.6 is 0 Å². The van der Waals surface area contributed by atoms with Crippen LogP contribution in [-0.2, 0) is 0 Å². The third kappa shape index (κ3) is 2.01. The van der Waals surface area contributed by atoms with E-state index >= 15 is 0 Å². The van der Waals surface area contributed by atoms with Crippen LogP contribution < -0.4 is 5.32 Å². The molecule has 2 aromatic heterocycles. The van der Waals surface area contributed by atoms with E-state index in [0.29, 0.717) is 11.8 Å². The Morgan fingerprint density at radius 2 is 2.33 bits per heavy atom. The molecule has 0 aliphatic carbocycles. The van der Waals surface area contributed by atoms with Crippen LogP contribution in [0.15, 0.2) is 21.3 Å². The Balaban J connectivity index is 2.17. The van der Waals surface area contributed by atoms with E-state index in [-0.39, 0.29) is 0 Å². The quantitative estimate of drug-likeness (QED) is 0.834. The van der Waals surface area contributed by atoms with Gasteiger partial charge in [0.2, 0.25) is 5.82 Å². The van der Waals surface area contributed by atoms with Crippen molar-refractivity contribution in [3.05, 3.63) is 18.1 Å². The third-order valence-corrected chi connectivity index (χ3v) is 2.05. The summed E-state index contributed by atoms with van der Waals surface area (Å²) in [5.41, 5.74) is 0.864. The molecule has 0 unspecified atom stereocenters. The second-order valence-corrected chi connectivity index (χ2v) is 3.24. The van der Waals surface area contributed by atoms with Crippen LogP contribution in [0, 0.1) is 6.92 Å². The molecule has 5 nitrogen and oxygen atoms in total. The summed E-state index contributed by atoms with van der Waals surface area (Å²) in [6.07, 6.45) is 2.63. The molecule has 0 aliphatic heterocycles. The largest absolute Gasteiger partial charge is 0.469 e. The molecule has 2 rings (SSSR count). The van der Waals surface area contributed by atoms with Gasteiger partial charge in [-0.2, -0.15) is 4.98 Å². The first-order chi connectivity index (χ1) is 7.31. The van der Waals surface area contributed by atoms with E-state index in [2.05, 4.69) is 22.4 Å². The molecular formula is C10H13N3O2. The number of furan rings is 1. The highest BCUT2D eigenvalue weighted by Gasteiger charge is 2.11. The molecule has 0 fully saturated rings. The Hall–Kier alpha value is -1.78. The Morgan fingerprint density at radius 1 is 1.47 bits per heavy atom. The van der Waals surface area contributed by atoms with E-state index in [0.717, 1.165) is 24.3 Å². The normalized spacial score (nSPS) is 10.5. The lowest BCUT2D eigenvalue weighted by Crippen LogP contribution is -1.99. The van der Waals surface area contributed by atoms with Gasteiger partial charge in [-0.1, -0.05) is 12.1 Å². The first-order valence-corrected chi connectivity index (χ1v) is 4.93. The molecule has 0 atom stereocenters. The molecule has 0 bridgehead atoms. The molecule has 2 aromatic rings. The van der Waals surface area contributed by atoms with Crippen molar-refractivity contribution < 1.29 is 8.94 Å². The molecule has 5 heteroatoms. The lowest BCUT2D eigenvalue weighted by atomic mass is 10.2. The molecule has 0 saturated heterocycles. The van der Waals surface area contributed by atoms with Crippen molar-refractivity contribution in [3.63, 3.8) is 0 Å². The predicted octanol–water partition coefficient (Wildman–Crippen LogP) is 2.46. The lowest BCUT2D eigenvalue weighted by molar-refractivity contribution is 0.431. The number of nitrogens with one attached hydrogen (secondary N) is 1. The van der Waals surface area contributed by atoms with E-state index in [4.69, 9.17) is 8.94 Å². The van der Waals surface area contributed by atoms with E-state index in [1.807, 2.05) is 13.0 Å². The summed E-state index contributed by atoms with van der Waals surface area (Å²) in [5.74, 6) is 1.35. The molecule has 2 heterocycles. The lowest BCUT2D eigenvalue weighted by Gasteiger charge is -1.93. The Morgan fingerprint density at radius 3 is 3.00 bits per heavy atom. The molecule has 0 amide bonds.